The standard InChI is InChI=1S/C19H22O5/c1-19(2,3)13-6-7-14-12(8-13)9-15(18(21)23-5)17(16(14)10-20)24-11-22-4/h6-10H,11H2,1-5H3. The molecule has 0 bridgehead atoms. The summed E-state index contributed by atoms with van der Waals surface area (Å²) in [6, 6.07) is 7.52. The molecule has 2 aromatic rings. The van der Waals surface area contributed by atoms with E-state index in [4.69, 9.17) is 14.2 Å². The normalized spacial score (nSPS) is 11.4. The summed E-state index contributed by atoms with van der Waals surface area (Å²) < 4.78 is 15.2. The fraction of sp³-hybridized carbons (Fsp3) is 0.368. The highest BCUT2D eigenvalue weighted by molar-refractivity contribution is 6.07. The Morgan fingerprint density at radius 2 is 1.88 bits per heavy atom. The van der Waals surface area contributed by atoms with Crippen molar-refractivity contribution in [2.45, 2.75) is 26.2 Å². The number of benzene rings is 2. The number of carbonyl (C=O) groups excluding carboxylic acids is 2. The molecule has 0 atom stereocenters. The first-order valence-electron chi connectivity index (χ1n) is 7.60. The predicted molar refractivity (Wildman–Crippen MR) is 91.9 cm³/mol. The third-order valence-electron chi connectivity index (χ3n) is 3.84. The molecule has 5 heteroatoms. The van der Waals surface area contributed by atoms with Gasteiger partial charge in [-0.25, -0.2) is 4.79 Å². The molecule has 0 saturated carbocycles. The molecule has 0 aliphatic heterocycles. The van der Waals surface area contributed by atoms with E-state index >= 15 is 0 Å². The number of rotatable bonds is 5. The Morgan fingerprint density at radius 3 is 2.42 bits per heavy atom. The lowest BCUT2D eigenvalue weighted by molar-refractivity contribution is 0.0462. The summed E-state index contributed by atoms with van der Waals surface area (Å²) in [7, 11) is 2.76. The molecule has 0 heterocycles. The molecular formula is C19H22O5. The summed E-state index contributed by atoms with van der Waals surface area (Å²) in [5, 5.41) is 1.51. The van der Waals surface area contributed by atoms with Crippen molar-refractivity contribution in [2.24, 2.45) is 0 Å². The maximum atomic E-state index is 12.1. The third kappa shape index (κ3) is 3.41. The van der Waals surface area contributed by atoms with Gasteiger partial charge in [0.15, 0.2) is 13.1 Å². The van der Waals surface area contributed by atoms with E-state index in [1.54, 1.807) is 6.07 Å². The highest BCUT2D eigenvalue weighted by Gasteiger charge is 2.22. The van der Waals surface area contributed by atoms with Crippen molar-refractivity contribution in [3.05, 3.63) is 41.0 Å². The van der Waals surface area contributed by atoms with Crippen LogP contribution >= 0.6 is 0 Å². The van der Waals surface area contributed by atoms with Gasteiger partial charge in [0.1, 0.15) is 11.3 Å². The van der Waals surface area contributed by atoms with Crippen molar-refractivity contribution in [2.75, 3.05) is 21.0 Å². The Labute approximate surface area is 141 Å². The number of hydrogen-bond acceptors (Lipinski definition) is 5. The quantitative estimate of drug-likeness (QED) is 0.475. The molecule has 24 heavy (non-hydrogen) atoms. The number of fused-ring (bicyclic) bond motifs is 1. The second kappa shape index (κ2) is 7.01. The Bertz CT molecular complexity index is 771. The van der Waals surface area contributed by atoms with Crippen molar-refractivity contribution in [1.82, 2.24) is 0 Å². The first-order valence-corrected chi connectivity index (χ1v) is 7.60. The van der Waals surface area contributed by atoms with Crippen LogP contribution in [0.5, 0.6) is 5.75 Å². The molecule has 0 amide bonds. The summed E-state index contributed by atoms with van der Waals surface area (Å²) in [5.41, 5.74) is 1.57. The van der Waals surface area contributed by atoms with Crippen LogP contribution in [0, 0.1) is 0 Å². The van der Waals surface area contributed by atoms with Gasteiger partial charge in [-0.05, 0) is 27.8 Å². The number of ether oxygens (including phenoxy) is 3. The summed E-state index contributed by atoms with van der Waals surface area (Å²) in [4.78, 5) is 23.8. The van der Waals surface area contributed by atoms with Crippen molar-refractivity contribution in [1.29, 1.82) is 0 Å². The summed E-state index contributed by atoms with van der Waals surface area (Å²) in [5.74, 6) is -0.387. The Morgan fingerprint density at radius 1 is 1.17 bits per heavy atom. The molecule has 0 N–H and O–H groups in total. The first-order chi connectivity index (χ1) is 11.3. The minimum atomic E-state index is -0.563. The molecule has 2 aromatic carbocycles. The van der Waals surface area contributed by atoms with E-state index in [0.717, 1.165) is 16.3 Å². The van der Waals surface area contributed by atoms with E-state index in [2.05, 4.69) is 20.8 Å². The molecule has 128 valence electrons. The van der Waals surface area contributed by atoms with E-state index in [1.165, 1.54) is 14.2 Å². The van der Waals surface area contributed by atoms with Gasteiger partial charge in [-0.2, -0.15) is 0 Å². The van der Waals surface area contributed by atoms with E-state index in [0.29, 0.717) is 11.8 Å². The number of aldehydes is 1. The van der Waals surface area contributed by atoms with Crippen LogP contribution in [0.2, 0.25) is 0 Å². The van der Waals surface area contributed by atoms with E-state index in [-0.39, 0.29) is 23.5 Å². The zero-order chi connectivity index (χ0) is 17.9. The van der Waals surface area contributed by atoms with Crippen molar-refractivity contribution >= 4 is 23.0 Å². The van der Waals surface area contributed by atoms with E-state index < -0.39 is 5.97 Å². The lowest BCUT2D eigenvalue weighted by Gasteiger charge is -2.20. The fourth-order valence-electron chi connectivity index (χ4n) is 2.53. The van der Waals surface area contributed by atoms with Crippen LogP contribution in [0.25, 0.3) is 10.8 Å². The van der Waals surface area contributed by atoms with Gasteiger partial charge >= 0.3 is 5.97 Å². The van der Waals surface area contributed by atoms with Gasteiger partial charge in [-0.15, -0.1) is 0 Å². The zero-order valence-corrected chi connectivity index (χ0v) is 14.6. The first kappa shape index (κ1) is 17.9. The van der Waals surface area contributed by atoms with Crippen molar-refractivity contribution in [3.63, 3.8) is 0 Å². The lowest BCUT2D eigenvalue weighted by atomic mass is 9.85. The molecule has 0 unspecified atom stereocenters. The second-order valence-electron chi connectivity index (χ2n) is 6.51. The van der Waals surface area contributed by atoms with Crippen LogP contribution in [-0.2, 0) is 14.9 Å². The smallest absolute Gasteiger partial charge is 0.341 e. The molecule has 0 aliphatic rings. The molecule has 0 saturated heterocycles. The Kier molecular flexibility index (Phi) is 5.24. The van der Waals surface area contributed by atoms with Gasteiger partial charge in [0, 0.05) is 7.11 Å². The minimum Gasteiger partial charge on any atom is -0.466 e. The highest BCUT2D eigenvalue weighted by Crippen LogP contribution is 2.34. The van der Waals surface area contributed by atoms with Gasteiger partial charge in [0.2, 0.25) is 0 Å². The largest absolute Gasteiger partial charge is 0.466 e. The summed E-state index contributed by atoms with van der Waals surface area (Å²) in [6.07, 6.45) is 0.691. The molecule has 0 aromatic heterocycles. The maximum Gasteiger partial charge on any atom is 0.341 e. The maximum absolute atomic E-state index is 12.1. The second-order valence-corrected chi connectivity index (χ2v) is 6.51. The van der Waals surface area contributed by atoms with Crippen LogP contribution in [0.1, 0.15) is 47.1 Å². The van der Waals surface area contributed by atoms with E-state index in [1.807, 2.05) is 18.2 Å². The molecular weight excluding hydrogens is 308 g/mol. The van der Waals surface area contributed by atoms with Gasteiger partial charge in [0.05, 0.1) is 12.7 Å². The van der Waals surface area contributed by atoms with Gasteiger partial charge in [-0.3, -0.25) is 4.79 Å². The molecule has 2 rings (SSSR count). The lowest BCUT2D eigenvalue weighted by Crippen LogP contribution is -2.12. The molecule has 0 fully saturated rings. The fourth-order valence-corrected chi connectivity index (χ4v) is 2.53. The monoisotopic (exact) mass is 330 g/mol. The topological polar surface area (TPSA) is 61.8 Å². The van der Waals surface area contributed by atoms with Gasteiger partial charge in [0.25, 0.3) is 0 Å². The molecule has 0 spiro atoms. The number of hydrogen-bond donors (Lipinski definition) is 0. The van der Waals surface area contributed by atoms with Crippen molar-refractivity contribution < 1.29 is 23.8 Å². The Hall–Kier alpha value is -2.40. The number of esters is 1. The van der Waals surface area contributed by atoms with Gasteiger partial charge in [-0.1, -0.05) is 39.0 Å². The predicted octanol–water partition coefficient (Wildman–Crippen LogP) is 3.72. The van der Waals surface area contributed by atoms with Crippen molar-refractivity contribution in [3.8, 4) is 5.75 Å². The van der Waals surface area contributed by atoms with Crippen LogP contribution in [0.15, 0.2) is 24.3 Å². The van der Waals surface area contributed by atoms with Gasteiger partial charge < -0.3 is 14.2 Å². The number of methoxy groups -OCH3 is 2. The average molecular weight is 330 g/mol. The van der Waals surface area contributed by atoms with Crippen LogP contribution in [0.3, 0.4) is 0 Å². The third-order valence-corrected chi connectivity index (χ3v) is 3.84. The van der Waals surface area contributed by atoms with Crippen LogP contribution in [-0.4, -0.2) is 33.3 Å². The molecule has 0 radical (unpaired) electrons. The molecule has 0 aliphatic carbocycles. The van der Waals surface area contributed by atoms with Crippen LogP contribution in [0.4, 0.5) is 0 Å². The molecule has 5 nitrogen and oxygen atoms in total. The zero-order valence-electron chi connectivity index (χ0n) is 14.6. The van der Waals surface area contributed by atoms with Crippen LogP contribution < -0.4 is 4.74 Å². The summed E-state index contributed by atoms with van der Waals surface area (Å²) in [6.45, 7) is 6.24. The SMILES string of the molecule is COCOc1c(C(=O)OC)cc2cc(C(C)(C)C)ccc2c1C=O. The van der Waals surface area contributed by atoms with E-state index in [9.17, 15) is 9.59 Å². The average Bonchev–Trinajstić information content (AvgIpc) is 2.56. The summed E-state index contributed by atoms with van der Waals surface area (Å²) >= 11 is 0. The Balaban J connectivity index is 2.78. The number of carbonyl (C=O) groups is 2. The minimum absolute atomic E-state index is 0.0494. The highest BCUT2D eigenvalue weighted by atomic mass is 16.7.